The number of nitrogens with zero attached hydrogens (tertiary/aromatic N) is 3. The topological polar surface area (TPSA) is 262 Å². The number of ether oxygens (including phenoxy) is 5. The summed E-state index contributed by atoms with van der Waals surface area (Å²) in [5.74, 6) is -2.72. The molecule has 79 heavy (non-hydrogen) atoms. The molecule has 1 amide bonds. The molecule has 0 aromatic heterocycles. The van der Waals surface area contributed by atoms with E-state index >= 15 is 0 Å². The molecule has 1 aliphatic carbocycles. The zero-order chi connectivity index (χ0) is 56.7. The van der Waals surface area contributed by atoms with Gasteiger partial charge in [0.2, 0.25) is 13.1 Å². The van der Waals surface area contributed by atoms with Gasteiger partial charge in [-0.3, -0.25) is 40.7 Å². The molecule has 4 aliphatic rings. The summed E-state index contributed by atoms with van der Waals surface area (Å²) < 4.78 is 124. The summed E-state index contributed by atoms with van der Waals surface area (Å²) in [7, 11) is 6.19. The Hall–Kier alpha value is -3.50. The number of alkyl carbamates (subject to hydrolysis) is 1. The molecular weight excluding hydrogens is 1090 g/mol. The zero-order valence-electron chi connectivity index (χ0n) is 44.2. The maximum absolute atomic E-state index is 14.6. The number of unbranched alkanes of at least 4 members (excludes halogenated alkanes) is 1. The van der Waals surface area contributed by atoms with Crippen LogP contribution in [0.25, 0.3) is 20.8 Å². The Morgan fingerprint density at radius 1 is 0.709 bits per heavy atom. The number of phosphoric ester groups is 3. The first kappa shape index (κ1) is 64.7. The van der Waals surface area contributed by atoms with Gasteiger partial charge < -0.3 is 43.8 Å². The molecule has 426 valence electrons. The van der Waals surface area contributed by atoms with Crippen LogP contribution in [-0.4, -0.2) is 177 Å². The van der Waals surface area contributed by atoms with Gasteiger partial charge in [0.15, 0.2) is 0 Å². The standard InChI is InChI=1S/C50H68B3N4O19P3/c1-55-18-21-69-78(61,74-44-23-47(51)64-29-36(44)26-58)72-32-38-31-66-49(53)25-46(38)76-79(62,70-22-19-56-2)73-33-37-30-65-48(52)24-45(37)75-77(60,68-20-10-16-54)71-28-35(27-63-3)11-8-9-17-57-50(59)67-34-43-41-14-6-4-12-39(41)40-13-5-7-15-42(40)43/h4-7,12-15,35-38,43-49,58H,8-11,17-34H2,3H3,(H,57,59)/t35?,36-,37+,38+,44+,45+,46+,47+,48+,49+,77?,78?,79?/m0/s1. The summed E-state index contributed by atoms with van der Waals surface area (Å²) in [4.78, 5) is 19.3. The van der Waals surface area contributed by atoms with Gasteiger partial charge in [0.05, 0.1) is 90.3 Å². The van der Waals surface area contributed by atoms with Crippen LogP contribution in [0.5, 0.6) is 0 Å². The zero-order valence-corrected chi connectivity index (χ0v) is 46.9. The fraction of sp³-hybridized carbons (Fsp3) is 0.680. The summed E-state index contributed by atoms with van der Waals surface area (Å²) in [5.41, 5.74) is 4.49. The maximum atomic E-state index is 14.6. The molecule has 0 spiro atoms. The molecular formula is C50H68B3N4O19P3. The number of carbonyl (C=O) groups is 1. The van der Waals surface area contributed by atoms with Gasteiger partial charge in [-0.15, -0.1) is 0 Å². The van der Waals surface area contributed by atoms with E-state index in [0.29, 0.717) is 25.8 Å². The Morgan fingerprint density at radius 2 is 1.19 bits per heavy atom. The van der Waals surface area contributed by atoms with Crippen molar-refractivity contribution in [2.45, 2.75) is 87.2 Å². The SMILES string of the molecule is [B][C@H]1C[C@@H](OP(=O)(OCCC#N)OCC(CCCCNC(=O)OCC2c3ccccc3-c3ccccc32)COC)[C@@H](COP(=O)(OCC[N+]#[C-])O[C@@H]2C[C@H]([B])OC[C@@H]2COP(=O)(OCC[N+]#[C-])O[C@@H]2C[C@H]([B])OC[C@@H]2CO)CO1. The van der Waals surface area contributed by atoms with Crippen molar-refractivity contribution < 1.29 is 88.0 Å². The fourth-order valence-corrected chi connectivity index (χ4v) is 13.6. The number of nitriles is 1. The molecule has 6 radical (unpaired) electrons. The molecule has 3 saturated heterocycles. The minimum atomic E-state index is -4.67. The highest BCUT2D eigenvalue weighted by atomic mass is 31.2. The van der Waals surface area contributed by atoms with Gasteiger partial charge in [0.1, 0.15) is 43.4 Å². The van der Waals surface area contributed by atoms with Gasteiger partial charge >= 0.3 is 29.6 Å². The number of hydrogen-bond donors (Lipinski definition) is 2. The second-order valence-corrected chi connectivity index (χ2v) is 24.1. The monoisotopic (exact) mass is 1150 g/mol. The van der Waals surface area contributed by atoms with Gasteiger partial charge in [-0.25, -0.2) is 31.6 Å². The average molecular weight is 1150 g/mol. The number of fused-ring (bicyclic) bond motifs is 3. The maximum Gasteiger partial charge on any atom is 0.475 e. The van der Waals surface area contributed by atoms with E-state index in [-0.39, 0.29) is 117 Å². The van der Waals surface area contributed by atoms with Gasteiger partial charge in [-0.2, -0.15) is 5.26 Å². The van der Waals surface area contributed by atoms with Crippen LogP contribution in [0, 0.1) is 48.1 Å². The van der Waals surface area contributed by atoms with E-state index in [4.69, 9.17) is 101 Å². The van der Waals surface area contributed by atoms with Crippen molar-refractivity contribution in [3.05, 3.63) is 82.5 Å². The predicted molar refractivity (Wildman–Crippen MR) is 286 cm³/mol. The Kier molecular flexibility index (Phi) is 27.0. The number of aliphatic hydroxyl groups excluding tert-OH is 1. The van der Waals surface area contributed by atoms with E-state index < -0.39 is 96.9 Å². The summed E-state index contributed by atoms with van der Waals surface area (Å²) in [5, 5.41) is 22.1. The van der Waals surface area contributed by atoms with Crippen molar-refractivity contribution in [1.29, 1.82) is 5.26 Å². The Balaban J connectivity index is 1.05. The van der Waals surface area contributed by atoms with Crippen LogP contribution in [0.4, 0.5) is 4.79 Å². The molecule has 6 rings (SSSR count). The van der Waals surface area contributed by atoms with E-state index in [1.54, 1.807) is 0 Å². The Morgan fingerprint density at radius 3 is 1.68 bits per heavy atom. The lowest BCUT2D eigenvalue weighted by Gasteiger charge is -2.38. The smallest absolute Gasteiger partial charge is 0.449 e. The molecule has 13 atom stereocenters. The molecule has 4 unspecified atom stereocenters. The van der Waals surface area contributed by atoms with Gasteiger partial charge in [-0.1, -0.05) is 55.0 Å². The van der Waals surface area contributed by atoms with Gasteiger partial charge in [0, 0.05) is 61.3 Å². The number of carbonyl (C=O) groups excluding carboxylic acids is 1. The average Bonchev–Trinajstić information content (AvgIpc) is 3.92. The van der Waals surface area contributed by atoms with Crippen molar-refractivity contribution in [2.24, 2.45) is 23.7 Å². The van der Waals surface area contributed by atoms with Crippen molar-refractivity contribution in [2.75, 3.05) is 106 Å². The highest BCUT2D eigenvalue weighted by Crippen LogP contribution is 2.57. The lowest BCUT2D eigenvalue weighted by molar-refractivity contribution is -0.0885. The first-order valence-electron chi connectivity index (χ1n) is 26.2. The van der Waals surface area contributed by atoms with Gasteiger partial charge in [0.25, 0.3) is 0 Å². The lowest BCUT2D eigenvalue weighted by Crippen LogP contribution is -2.42. The summed E-state index contributed by atoms with van der Waals surface area (Å²) >= 11 is 0. The third kappa shape index (κ3) is 20.4. The van der Waals surface area contributed by atoms with Crippen LogP contribution in [0.2, 0.25) is 0 Å². The van der Waals surface area contributed by atoms with Crippen molar-refractivity contribution >= 4 is 53.1 Å². The minimum absolute atomic E-state index is 0.0138. The molecule has 3 fully saturated rings. The highest BCUT2D eigenvalue weighted by molar-refractivity contribution is 7.49. The second-order valence-electron chi connectivity index (χ2n) is 19.2. The summed E-state index contributed by atoms with van der Waals surface area (Å²) in [6, 6.07) is 15.5. The van der Waals surface area contributed by atoms with Crippen LogP contribution < -0.4 is 5.32 Å². The Bertz CT molecular complexity index is 2460. The first-order valence-corrected chi connectivity index (χ1v) is 30.6. The molecule has 2 N–H and O–H groups in total. The van der Waals surface area contributed by atoms with Crippen LogP contribution in [-0.2, 0) is 78.1 Å². The quantitative estimate of drug-likeness (QED) is 0.0313. The molecule has 0 bridgehead atoms. The van der Waals surface area contributed by atoms with Crippen molar-refractivity contribution in [3.63, 3.8) is 0 Å². The molecule has 23 nitrogen and oxygen atoms in total. The Labute approximate surface area is 466 Å². The lowest BCUT2D eigenvalue weighted by atomic mass is 9.86. The number of hydrogen-bond acceptors (Lipinski definition) is 20. The van der Waals surface area contributed by atoms with Crippen molar-refractivity contribution in [3.8, 4) is 17.2 Å². The fourth-order valence-electron chi connectivity index (χ4n) is 9.21. The van der Waals surface area contributed by atoms with E-state index in [9.17, 15) is 28.9 Å². The highest BCUT2D eigenvalue weighted by Gasteiger charge is 2.45. The number of amides is 1. The van der Waals surface area contributed by atoms with Crippen LogP contribution >= 0.6 is 23.5 Å². The summed E-state index contributed by atoms with van der Waals surface area (Å²) in [6.45, 7) is 12.0. The largest absolute Gasteiger partial charge is 0.475 e. The molecule has 2 aromatic rings. The normalized spacial score (nSPS) is 26.6. The van der Waals surface area contributed by atoms with E-state index in [2.05, 4.69) is 39.3 Å². The number of rotatable bonds is 34. The number of benzene rings is 2. The first-order chi connectivity index (χ1) is 38.1. The third-order valence-corrected chi connectivity index (χ3v) is 17.8. The van der Waals surface area contributed by atoms with Crippen molar-refractivity contribution in [1.82, 2.24) is 5.32 Å². The number of methoxy groups -OCH3 is 1. The van der Waals surface area contributed by atoms with E-state index in [1.165, 1.54) is 7.11 Å². The summed E-state index contributed by atoms with van der Waals surface area (Å²) in [6.07, 6.45) is -2.11. The molecule has 0 saturated carbocycles. The van der Waals surface area contributed by atoms with E-state index in [1.807, 2.05) is 30.3 Å². The van der Waals surface area contributed by atoms with E-state index in [0.717, 1.165) is 22.3 Å². The molecule has 3 aliphatic heterocycles. The number of aliphatic hydroxyl groups is 1. The van der Waals surface area contributed by atoms with Gasteiger partial charge in [-0.05, 0) is 54.4 Å². The molecule has 29 heteroatoms. The van der Waals surface area contributed by atoms with Crippen LogP contribution in [0.1, 0.15) is 62.0 Å². The molecule has 2 aromatic carbocycles. The minimum Gasteiger partial charge on any atom is -0.449 e. The third-order valence-electron chi connectivity index (χ3n) is 13.4. The van der Waals surface area contributed by atoms with Crippen LogP contribution in [0.3, 0.4) is 0 Å². The predicted octanol–water partition coefficient (Wildman–Crippen LogP) is 6.88. The number of phosphoric acid groups is 3. The number of nitrogens with one attached hydrogen (secondary N) is 1. The van der Waals surface area contributed by atoms with Crippen LogP contribution in [0.15, 0.2) is 48.5 Å². The molecule has 3 heterocycles. The second kappa shape index (κ2) is 33.0.